The number of rotatable bonds is 8. The molecule has 0 fully saturated rings. The topological polar surface area (TPSA) is 101 Å². The van der Waals surface area contributed by atoms with Gasteiger partial charge in [0.1, 0.15) is 0 Å². The van der Waals surface area contributed by atoms with Crippen LogP contribution in [-0.2, 0) is 16.0 Å². The molecule has 0 aliphatic heterocycles. The Labute approximate surface area is 155 Å². The summed E-state index contributed by atoms with van der Waals surface area (Å²) >= 11 is 1.14. The number of H-pyrrole nitrogens is 1. The molecule has 2 aromatic rings. The maximum atomic E-state index is 12.1. The molecule has 2 N–H and O–H groups in total. The van der Waals surface area contributed by atoms with Crippen LogP contribution in [0.15, 0.2) is 40.3 Å². The lowest BCUT2D eigenvalue weighted by atomic mass is 10.2. The lowest BCUT2D eigenvalue weighted by Gasteiger charge is -2.08. The van der Waals surface area contributed by atoms with Crippen molar-refractivity contribution in [3.05, 3.63) is 51.9 Å². The zero-order chi connectivity index (χ0) is 18.9. The monoisotopic (exact) mass is 375 g/mol. The number of nitrogens with one attached hydrogen (secondary N) is 2. The van der Waals surface area contributed by atoms with E-state index in [1.807, 2.05) is 13.8 Å². The molecule has 138 valence electrons. The molecule has 0 unspecified atom stereocenters. The molecular formula is C18H21N3O4S. The highest BCUT2D eigenvalue weighted by atomic mass is 32.2. The van der Waals surface area contributed by atoms with Crippen molar-refractivity contribution in [3.63, 3.8) is 0 Å². The van der Waals surface area contributed by atoms with Gasteiger partial charge < -0.3 is 15.0 Å². The van der Waals surface area contributed by atoms with Crippen LogP contribution in [0.5, 0.6) is 0 Å². The zero-order valence-electron chi connectivity index (χ0n) is 14.7. The summed E-state index contributed by atoms with van der Waals surface area (Å²) in [5.74, 6) is -0.602. The predicted octanol–water partition coefficient (Wildman–Crippen LogP) is 2.63. The number of amides is 1. The Bertz CT molecular complexity index is 835. The number of aromatic nitrogens is 2. The average molecular weight is 375 g/mol. The Morgan fingerprint density at radius 3 is 2.81 bits per heavy atom. The highest BCUT2D eigenvalue weighted by molar-refractivity contribution is 7.99. The van der Waals surface area contributed by atoms with E-state index < -0.39 is 5.97 Å². The number of benzene rings is 1. The van der Waals surface area contributed by atoms with Gasteiger partial charge in [-0.05, 0) is 31.0 Å². The van der Waals surface area contributed by atoms with Crippen LogP contribution in [0.1, 0.15) is 36.3 Å². The number of anilines is 1. The third-order valence-corrected chi connectivity index (χ3v) is 4.17. The fraction of sp³-hybridized carbons (Fsp3) is 0.333. The number of aryl methyl sites for hydroxylation is 1. The molecule has 0 aliphatic rings. The van der Waals surface area contributed by atoms with Gasteiger partial charge in [-0.25, -0.2) is 9.78 Å². The van der Waals surface area contributed by atoms with Crippen molar-refractivity contribution in [1.29, 1.82) is 0 Å². The minimum atomic E-state index is -0.421. The third kappa shape index (κ3) is 6.03. The minimum Gasteiger partial charge on any atom is -0.462 e. The SMILES string of the molecule is CCCOC(=O)c1cccc(NC(=O)CSc2nc(CC)cc(=O)[nH]2)c1. The van der Waals surface area contributed by atoms with E-state index in [9.17, 15) is 14.4 Å². The van der Waals surface area contributed by atoms with Crippen molar-refractivity contribution in [2.24, 2.45) is 0 Å². The van der Waals surface area contributed by atoms with Crippen LogP contribution in [0, 0.1) is 0 Å². The summed E-state index contributed by atoms with van der Waals surface area (Å²) in [5.41, 5.74) is 1.32. The highest BCUT2D eigenvalue weighted by Crippen LogP contribution is 2.15. The van der Waals surface area contributed by atoms with Crippen molar-refractivity contribution in [3.8, 4) is 0 Å². The Hall–Kier alpha value is -2.61. The molecule has 0 saturated carbocycles. The van der Waals surface area contributed by atoms with Crippen molar-refractivity contribution >= 4 is 29.3 Å². The van der Waals surface area contributed by atoms with Gasteiger partial charge in [0.15, 0.2) is 5.16 Å². The van der Waals surface area contributed by atoms with Crippen molar-refractivity contribution in [2.75, 3.05) is 17.7 Å². The van der Waals surface area contributed by atoms with Gasteiger partial charge in [0.05, 0.1) is 17.9 Å². The zero-order valence-corrected chi connectivity index (χ0v) is 15.5. The van der Waals surface area contributed by atoms with Gasteiger partial charge in [-0.1, -0.05) is 31.7 Å². The first-order chi connectivity index (χ1) is 12.5. The second-order valence-electron chi connectivity index (χ2n) is 5.45. The van der Waals surface area contributed by atoms with E-state index in [1.54, 1.807) is 24.3 Å². The number of nitrogens with zero attached hydrogens (tertiary/aromatic N) is 1. The van der Waals surface area contributed by atoms with Gasteiger partial charge in [-0.2, -0.15) is 0 Å². The van der Waals surface area contributed by atoms with Crippen molar-refractivity contribution < 1.29 is 14.3 Å². The fourth-order valence-corrected chi connectivity index (χ4v) is 2.76. The van der Waals surface area contributed by atoms with Crippen LogP contribution >= 0.6 is 11.8 Å². The predicted molar refractivity (Wildman–Crippen MR) is 101 cm³/mol. The average Bonchev–Trinajstić information content (AvgIpc) is 2.64. The molecule has 8 heteroatoms. The summed E-state index contributed by atoms with van der Waals surface area (Å²) in [7, 11) is 0. The van der Waals surface area contributed by atoms with Crippen LogP contribution in [0.4, 0.5) is 5.69 Å². The molecule has 0 bridgehead atoms. The van der Waals surface area contributed by atoms with Crippen LogP contribution in [0.2, 0.25) is 0 Å². The molecule has 1 aromatic heterocycles. The number of hydrogen-bond acceptors (Lipinski definition) is 6. The van der Waals surface area contributed by atoms with Gasteiger partial charge >= 0.3 is 5.97 Å². The summed E-state index contributed by atoms with van der Waals surface area (Å²) in [5, 5.41) is 3.12. The Kier molecular flexibility index (Phi) is 7.40. The molecule has 2 rings (SSSR count). The summed E-state index contributed by atoms with van der Waals surface area (Å²) in [6.07, 6.45) is 1.39. The number of carbonyl (C=O) groups excluding carboxylic acids is 2. The van der Waals surface area contributed by atoms with Gasteiger partial charge in [0.25, 0.3) is 5.56 Å². The second kappa shape index (κ2) is 9.76. The first-order valence-corrected chi connectivity index (χ1v) is 9.30. The number of carbonyl (C=O) groups is 2. The first kappa shape index (κ1) is 19.7. The molecule has 7 nitrogen and oxygen atoms in total. The van der Waals surface area contributed by atoms with E-state index in [0.29, 0.717) is 35.1 Å². The number of ether oxygens (including phenoxy) is 1. The molecule has 26 heavy (non-hydrogen) atoms. The molecule has 0 saturated heterocycles. The Morgan fingerprint density at radius 1 is 1.27 bits per heavy atom. The van der Waals surface area contributed by atoms with Gasteiger partial charge in [0, 0.05) is 17.4 Å². The van der Waals surface area contributed by atoms with Crippen molar-refractivity contribution in [2.45, 2.75) is 31.8 Å². The summed E-state index contributed by atoms with van der Waals surface area (Å²) in [6.45, 7) is 4.18. The highest BCUT2D eigenvalue weighted by Gasteiger charge is 2.10. The van der Waals surface area contributed by atoms with Gasteiger partial charge in [0.2, 0.25) is 5.91 Å². The molecule has 0 aliphatic carbocycles. The Morgan fingerprint density at radius 2 is 2.08 bits per heavy atom. The molecule has 0 spiro atoms. The Balaban J connectivity index is 1.94. The lowest BCUT2D eigenvalue weighted by Crippen LogP contribution is -2.16. The number of thioether (sulfide) groups is 1. The summed E-state index contributed by atoms with van der Waals surface area (Å²) in [4.78, 5) is 42.4. The van der Waals surface area contributed by atoms with Crippen LogP contribution < -0.4 is 10.9 Å². The maximum Gasteiger partial charge on any atom is 0.338 e. The largest absolute Gasteiger partial charge is 0.462 e. The van der Waals surface area contributed by atoms with E-state index in [0.717, 1.165) is 18.2 Å². The fourth-order valence-electron chi connectivity index (χ4n) is 2.07. The number of hydrogen-bond donors (Lipinski definition) is 2. The normalized spacial score (nSPS) is 10.4. The van der Waals surface area contributed by atoms with E-state index in [2.05, 4.69) is 15.3 Å². The molecule has 1 amide bonds. The van der Waals surface area contributed by atoms with Crippen LogP contribution in [-0.4, -0.2) is 34.2 Å². The summed E-state index contributed by atoms with van der Waals surface area (Å²) < 4.78 is 5.08. The lowest BCUT2D eigenvalue weighted by molar-refractivity contribution is -0.113. The van der Waals surface area contributed by atoms with Crippen LogP contribution in [0.25, 0.3) is 0 Å². The van der Waals surface area contributed by atoms with E-state index in [-0.39, 0.29) is 17.2 Å². The van der Waals surface area contributed by atoms with E-state index in [1.165, 1.54) is 6.07 Å². The first-order valence-electron chi connectivity index (χ1n) is 8.32. The molecular weight excluding hydrogens is 354 g/mol. The number of esters is 1. The molecule has 0 atom stereocenters. The number of aromatic amines is 1. The van der Waals surface area contributed by atoms with Gasteiger partial charge in [-0.3, -0.25) is 9.59 Å². The standard InChI is InChI=1S/C18H21N3O4S/c1-3-8-25-17(24)12-6-5-7-14(9-12)19-16(23)11-26-18-20-13(4-2)10-15(22)21-18/h5-7,9-10H,3-4,8,11H2,1-2H3,(H,19,23)(H,20,21,22). The quantitative estimate of drug-likeness (QED) is 0.418. The molecule has 1 aromatic carbocycles. The van der Waals surface area contributed by atoms with Gasteiger partial charge in [-0.15, -0.1) is 0 Å². The minimum absolute atomic E-state index is 0.0839. The van der Waals surface area contributed by atoms with Crippen molar-refractivity contribution in [1.82, 2.24) is 9.97 Å². The molecule has 1 heterocycles. The van der Waals surface area contributed by atoms with E-state index >= 15 is 0 Å². The maximum absolute atomic E-state index is 12.1. The summed E-state index contributed by atoms with van der Waals surface area (Å²) in [6, 6.07) is 8.00. The third-order valence-electron chi connectivity index (χ3n) is 3.29. The smallest absolute Gasteiger partial charge is 0.338 e. The van der Waals surface area contributed by atoms with Crippen LogP contribution in [0.3, 0.4) is 0 Å². The van der Waals surface area contributed by atoms with E-state index in [4.69, 9.17) is 4.74 Å². The molecule has 0 radical (unpaired) electrons. The second-order valence-corrected chi connectivity index (χ2v) is 6.41.